The second-order valence-corrected chi connectivity index (χ2v) is 4.04. The maximum atomic E-state index is 10.9. The van der Waals surface area contributed by atoms with Crippen LogP contribution < -0.4 is 5.32 Å². The molecule has 0 radical (unpaired) electrons. The number of hydrogen-bond acceptors (Lipinski definition) is 7. The number of amides is 1. The normalized spacial score (nSPS) is 35.9. The lowest BCUT2D eigenvalue weighted by atomic mass is 9.96. The van der Waals surface area contributed by atoms with Gasteiger partial charge < -0.3 is 30.1 Å². The van der Waals surface area contributed by atoms with Crippen molar-refractivity contribution in [2.75, 3.05) is 6.61 Å². The zero-order valence-electron chi connectivity index (χ0n) is 10.1. The first kappa shape index (κ1) is 14.8. The highest BCUT2D eigenvalue weighted by Crippen LogP contribution is 2.22. The van der Waals surface area contributed by atoms with Crippen LogP contribution in [-0.2, 0) is 19.1 Å². The lowest BCUT2D eigenvalue weighted by Gasteiger charge is -2.41. The fourth-order valence-corrected chi connectivity index (χ4v) is 1.81. The van der Waals surface area contributed by atoms with Crippen LogP contribution in [0.3, 0.4) is 0 Å². The SMILES string of the molecule is CC(=O)N[C@@H]1C(O)O[C@H](CO)[C@@H](OC(C)=O)[C@@H]1O. The summed E-state index contributed by atoms with van der Waals surface area (Å²) in [5.41, 5.74) is 0. The van der Waals surface area contributed by atoms with Gasteiger partial charge in [-0.2, -0.15) is 0 Å². The number of nitrogens with one attached hydrogen (secondary N) is 1. The minimum Gasteiger partial charge on any atom is -0.457 e. The first-order valence-electron chi connectivity index (χ1n) is 5.43. The maximum absolute atomic E-state index is 10.9. The van der Waals surface area contributed by atoms with E-state index in [1.54, 1.807) is 0 Å². The molecule has 0 bridgehead atoms. The summed E-state index contributed by atoms with van der Waals surface area (Å²) in [6.45, 7) is 1.80. The number of carbonyl (C=O) groups is 2. The predicted octanol–water partition coefficient (Wildman–Crippen LogP) is -2.51. The number of ether oxygens (including phenoxy) is 2. The molecule has 0 aromatic heterocycles. The van der Waals surface area contributed by atoms with E-state index in [9.17, 15) is 19.8 Å². The molecule has 1 rings (SSSR count). The van der Waals surface area contributed by atoms with Crippen LogP contribution >= 0.6 is 0 Å². The molecule has 0 aliphatic carbocycles. The molecule has 8 nitrogen and oxygen atoms in total. The van der Waals surface area contributed by atoms with Gasteiger partial charge in [0.2, 0.25) is 5.91 Å². The average molecular weight is 263 g/mol. The highest BCUT2D eigenvalue weighted by atomic mass is 16.6. The molecular formula is C10H17NO7. The van der Waals surface area contributed by atoms with Crippen molar-refractivity contribution < 1.29 is 34.4 Å². The number of esters is 1. The number of hydrogen-bond donors (Lipinski definition) is 4. The summed E-state index contributed by atoms with van der Waals surface area (Å²) in [7, 11) is 0. The largest absolute Gasteiger partial charge is 0.457 e. The van der Waals surface area contributed by atoms with Crippen LogP contribution in [0.5, 0.6) is 0 Å². The van der Waals surface area contributed by atoms with Crippen molar-refractivity contribution in [3.05, 3.63) is 0 Å². The maximum Gasteiger partial charge on any atom is 0.303 e. The van der Waals surface area contributed by atoms with Crippen molar-refractivity contribution in [3.8, 4) is 0 Å². The van der Waals surface area contributed by atoms with Gasteiger partial charge in [-0.15, -0.1) is 0 Å². The molecule has 1 heterocycles. The Hall–Kier alpha value is -1.22. The summed E-state index contributed by atoms with van der Waals surface area (Å²) in [5.74, 6) is -1.15. The Bertz CT molecular complexity index is 321. The summed E-state index contributed by atoms with van der Waals surface area (Å²) in [6.07, 6.45) is -5.08. The summed E-state index contributed by atoms with van der Waals surface area (Å²) in [5, 5.41) is 30.9. The molecule has 1 saturated heterocycles. The minimum atomic E-state index is -1.49. The molecule has 0 spiro atoms. The van der Waals surface area contributed by atoms with Crippen LogP contribution in [0.15, 0.2) is 0 Å². The second kappa shape index (κ2) is 6.10. The van der Waals surface area contributed by atoms with Gasteiger partial charge in [-0.3, -0.25) is 9.59 Å². The summed E-state index contributed by atoms with van der Waals surface area (Å²) in [4.78, 5) is 21.8. The van der Waals surface area contributed by atoms with Crippen LogP contribution in [-0.4, -0.2) is 64.4 Å². The van der Waals surface area contributed by atoms with Gasteiger partial charge in [0, 0.05) is 13.8 Å². The summed E-state index contributed by atoms with van der Waals surface area (Å²) in [6, 6.07) is -1.13. The average Bonchev–Trinajstić information content (AvgIpc) is 2.27. The smallest absolute Gasteiger partial charge is 0.303 e. The van der Waals surface area contributed by atoms with E-state index >= 15 is 0 Å². The molecule has 18 heavy (non-hydrogen) atoms. The zero-order valence-corrected chi connectivity index (χ0v) is 10.1. The predicted molar refractivity (Wildman–Crippen MR) is 57.1 cm³/mol. The quantitative estimate of drug-likeness (QED) is 0.414. The van der Waals surface area contributed by atoms with Crippen molar-refractivity contribution >= 4 is 11.9 Å². The molecule has 4 N–H and O–H groups in total. The third-order valence-electron chi connectivity index (χ3n) is 2.54. The Morgan fingerprint density at radius 2 is 1.94 bits per heavy atom. The molecule has 1 fully saturated rings. The number of carbonyl (C=O) groups excluding carboxylic acids is 2. The van der Waals surface area contributed by atoms with E-state index in [4.69, 9.17) is 14.6 Å². The van der Waals surface area contributed by atoms with Crippen LogP contribution in [0.4, 0.5) is 0 Å². The van der Waals surface area contributed by atoms with Gasteiger partial charge >= 0.3 is 5.97 Å². The second-order valence-electron chi connectivity index (χ2n) is 4.04. The Morgan fingerprint density at radius 1 is 1.33 bits per heavy atom. The highest BCUT2D eigenvalue weighted by Gasteiger charge is 2.46. The molecular weight excluding hydrogens is 246 g/mol. The van der Waals surface area contributed by atoms with Crippen molar-refractivity contribution in [1.29, 1.82) is 0 Å². The van der Waals surface area contributed by atoms with E-state index in [0.717, 1.165) is 6.92 Å². The van der Waals surface area contributed by atoms with Crippen molar-refractivity contribution in [2.24, 2.45) is 0 Å². The van der Waals surface area contributed by atoms with Crippen molar-refractivity contribution in [3.63, 3.8) is 0 Å². The Morgan fingerprint density at radius 3 is 2.39 bits per heavy atom. The van der Waals surface area contributed by atoms with Crippen LogP contribution in [0.2, 0.25) is 0 Å². The lowest BCUT2D eigenvalue weighted by molar-refractivity contribution is -0.259. The molecule has 1 amide bonds. The number of aliphatic hydroxyl groups is 3. The van der Waals surface area contributed by atoms with Crippen LogP contribution in [0, 0.1) is 0 Å². The van der Waals surface area contributed by atoms with Crippen molar-refractivity contribution in [2.45, 2.75) is 44.5 Å². The third kappa shape index (κ3) is 3.39. The zero-order chi connectivity index (χ0) is 13.9. The van der Waals surface area contributed by atoms with Gasteiger partial charge in [0.15, 0.2) is 12.4 Å². The Labute approximate surface area is 104 Å². The van der Waals surface area contributed by atoms with Gasteiger partial charge in [-0.1, -0.05) is 0 Å². The molecule has 104 valence electrons. The summed E-state index contributed by atoms with van der Waals surface area (Å²) >= 11 is 0. The van der Waals surface area contributed by atoms with Gasteiger partial charge in [-0.05, 0) is 0 Å². The van der Waals surface area contributed by atoms with Crippen molar-refractivity contribution in [1.82, 2.24) is 5.32 Å². The topological polar surface area (TPSA) is 125 Å². The van der Waals surface area contributed by atoms with Gasteiger partial charge in [0.05, 0.1) is 6.61 Å². The highest BCUT2D eigenvalue weighted by molar-refractivity contribution is 5.73. The van der Waals surface area contributed by atoms with E-state index in [-0.39, 0.29) is 0 Å². The van der Waals surface area contributed by atoms with E-state index in [2.05, 4.69) is 5.32 Å². The fraction of sp³-hybridized carbons (Fsp3) is 0.800. The Balaban J connectivity index is 2.84. The van der Waals surface area contributed by atoms with E-state index < -0.39 is 49.1 Å². The monoisotopic (exact) mass is 263 g/mol. The van der Waals surface area contributed by atoms with E-state index in [1.807, 2.05) is 0 Å². The number of rotatable bonds is 3. The first-order valence-corrected chi connectivity index (χ1v) is 5.43. The number of aliphatic hydroxyl groups excluding tert-OH is 3. The molecule has 1 unspecified atom stereocenters. The molecule has 0 saturated carbocycles. The molecule has 1 aliphatic heterocycles. The molecule has 8 heteroatoms. The van der Waals surface area contributed by atoms with Crippen LogP contribution in [0.25, 0.3) is 0 Å². The molecule has 1 aliphatic rings. The molecule has 0 aromatic carbocycles. The summed E-state index contributed by atoms with van der Waals surface area (Å²) < 4.78 is 9.82. The first-order chi connectivity index (χ1) is 8.36. The fourth-order valence-electron chi connectivity index (χ4n) is 1.81. The third-order valence-corrected chi connectivity index (χ3v) is 2.54. The molecule has 5 atom stereocenters. The lowest BCUT2D eigenvalue weighted by Crippen LogP contribution is -2.64. The Kier molecular flexibility index (Phi) is 5.03. The van der Waals surface area contributed by atoms with Gasteiger partial charge in [-0.25, -0.2) is 0 Å². The van der Waals surface area contributed by atoms with Gasteiger partial charge in [0.1, 0.15) is 18.2 Å². The van der Waals surface area contributed by atoms with Crippen LogP contribution in [0.1, 0.15) is 13.8 Å². The van der Waals surface area contributed by atoms with E-state index in [0.29, 0.717) is 0 Å². The van der Waals surface area contributed by atoms with Gasteiger partial charge in [0.25, 0.3) is 0 Å². The minimum absolute atomic E-state index is 0.481. The van der Waals surface area contributed by atoms with E-state index in [1.165, 1.54) is 6.92 Å². The standard InChI is InChI=1S/C10H17NO7/c1-4(13)11-7-8(15)9(17-5(2)14)6(3-12)18-10(7)16/h6-10,12,15-16H,3H2,1-2H3,(H,11,13)/t6-,7+,8-,9-,10?/m1/s1. The molecule has 0 aromatic rings.